The first-order valence-electron chi connectivity index (χ1n) is 9.61. The van der Waals surface area contributed by atoms with Gasteiger partial charge in [-0.25, -0.2) is 8.42 Å². The Hall–Kier alpha value is -2.78. The summed E-state index contributed by atoms with van der Waals surface area (Å²) in [4.78, 5) is 6.69. The van der Waals surface area contributed by atoms with Crippen molar-refractivity contribution in [1.82, 2.24) is 9.29 Å². The van der Waals surface area contributed by atoms with Crippen LogP contribution in [0.15, 0.2) is 51.8 Å². The molecular formula is C20H21N3O5S. The monoisotopic (exact) mass is 415 g/mol. The lowest BCUT2D eigenvalue weighted by atomic mass is 10.3. The molecule has 0 unspecified atom stereocenters. The van der Waals surface area contributed by atoms with Crippen LogP contribution in [0.4, 0.5) is 6.01 Å². The number of para-hydroxylation sites is 2. The molecule has 0 spiro atoms. The van der Waals surface area contributed by atoms with Gasteiger partial charge in [0, 0.05) is 38.7 Å². The molecule has 0 amide bonds. The van der Waals surface area contributed by atoms with Crippen molar-refractivity contribution in [1.29, 1.82) is 0 Å². The molecule has 3 aromatic rings. The van der Waals surface area contributed by atoms with Crippen molar-refractivity contribution >= 4 is 27.1 Å². The van der Waals surface area contributed by atoms with Gasteiger partial charge in [0.1, 0.15) is 5.52 Å². The first-order chi connectivity index (χ1) is 14.1. The number of aromatic nitrogens is 1. The Balaban J connectivity index is 1.32. The van der Waals surface area contributed by atoms with Gasteiger partial charge in [0.2, 0.25) is 10.0 Å². The maximum absolute atomic E-state index is 13.1. The van der Waals surface area contributed by atoms with Crippen LogP contribution in [0.25, 0.3) is 11.1 Å². The number of benzene rings is 2. The topological polar surface area (TPSA) is 85.1 Å². The Morgan fingerprint density at radius 1 is 0.897 bits per heavy atom. The van der Waals surface area contributed by atoms with E-state index in [0.717, 1.165) is 17.5 Å². The fourth-order valence-electron chi connectivity index (χ4n) is 3.57. The van der Waals surface area contributed by atoms with Crippen LogP contribution in [0.3, 0.4) is 0 Å². The molecule has 0 aliphatic carbocycles. The zero-order chi connectivity index (χ0) is 19.8. The number of piperazine rings is 1. The number of hydrogen-bond donors (Lipinski definition) is 0. The Labute approximate surface area is 168 Å². The maximum Gasteiger partial charge on any atom is 0.298 e. The quantitative estimate of drug-likeness (QED) is 0.650. The van der Waals surface area contributed by atoms with Gasteiger partial charge < -0.3 is 18.8 Å². The summed E-state index contributed by atoms with van der Waals surface area (Å²) in [6.07, 6.45) is 0.772. The Morgan fingerprint density at radius 3 is 2.45 bits per heavy atom. The van der Waals surface area contributed by atoms with E-state index in [1.165, 1.54) is 4.31 Å². The second kappa shape index (κ2) is 7.23. The SMILES string of the molecule is O=S(=O)(c1ccc2c(c1)OCCCO2)N1CCN(c2nc3ccccc3o2)CC1. The summed E-state index contributed by atoms with van der Waals surface area (Å²) in [5.74, 6) is 1.07. The summed E-state index contributed by atoms with van der Waals surface area (Å²) in [6, 6.07) is 12.9. The highest BCUT2D eigenvalue weighted by Crippen LogP contribution is 2.33. The second-order valence-electron chi connectivity index (χ2n) is 7.01. The van der Waals surface area contributed by atoms with Gasteiger partial charge in [0.25, 0.3) is 6.01 Å². The lowest BCUT2D eigenvalue weighted by Gasteiger charge is -2.33. The maximum atomic E-state index is 13.1. The van der Waals surface area contributed by atoms with Crippen LogP contribution in [-0.4, -0.2) is 57.1 Å². The second-order valence-corrected chi connectivity index (χ2v) is 8.95. The number of hydrogen-bond acceptors (Lipinski definition) is 7. The van der Waals surface area contributed by atoms with Crippen LogP contribution < -0.4 is 14.4 Å². The molecule has 1 aromatic heterocycles. The van der Waals surface area contributed by atoms with Crippen molar-refractivity contribution in [2.45, 2.75) is 11.3 Å². The van der Waals surface area contributed by atoms with Gasteiger partial charge in [0.05, 0.1) is 18.1 Å². The first kappa shape index (κ1) is 18.3. The molecule has 29 heavy (non-hydrogen) atoms. The van der Waals surface area contributed by atoms with Crippen LogP contribution >= 0.6 is 0 Å². The van der Waals surface area contributed by atoms with Crippen LogP contribution in [0, 0.1) is 0 Å². The van der Waals surface area contributed by atoms with Crippen LogP contribution in [0.1, 0.15) is 6.42 Å². The Kier molecular flexibility index (Phi) is 4.56. The summed E-state index contributed by atoms with van der Waals surface area (Å²) < 4.78 is 44.8. The number of fused-ring (bicyclic) bond motifs is 2. The number of oxazole rings is 1. The smallest absolute Gasteiger partial charge is 0.298 e. The highest BCUT2D eigenvalue weighted by molar-refractivity contribution is 7.89. The van der Waals surface area contributed by atoms with Gasteiger partial charge >= 0.3 is 0 Å². The molecule has 9 heteroatoms. The molecule has 1 fully saturated rings. The van der Waals surface area contributed by atoms with Gasteiger partial charge in [-0.2, -0.15) is 9.29 Å². The zero-order valence-corrected chi connectivity index (χ0v) is 16.6. The molecule has 0 atom stereocenters. The van der Waals surface area contributed by atoms with Gasteiger partial charge in [-0.15, -0.1) is 0 Å². The van der Waals surface area contributed by atoms with E-state index in [2.05, 4.69) is 4.98 Å². The van der Waals surface area contributed by atoms with Crippen molar-refractivity contribution in [2.24, 2.45) is 0 Å². The minimum atomic E-state index is -3.62. The lowest BCUT2D eigenvalue weighted by Crippen LogP contribution is -2.48. The molecule has 2 aromatic carbocycles. The number of rotatable bonds is 3. The van der Waals surface area contributed by atoms with Gasteiger partial charge in [0.15, 0.2) is 17.1 Å². The van der Waals surface area contributed by atoms with E-state index in [1.807, 2.05) is 29.2 Å². The molecule has 0 bridgehead atoms. The molecule has 3 heterocycles. The lowest BCUT2D eigenvalue weighted by molar-refractivity contribution is 0.296. The molecule has 0 saturated carbocycles. The van der Waals surface area contributed by atoms with Crippen LogP contribution in [0.2, 0.25) is 0 Å². The molecule has 152 valence electrons. The molecule has 5 rings (SSSR count). The van der Waals surface area contributed by atoms with E-state index in [0.29, 0.717) is 56.9 Å². The third-order valence-corrected chi connectivity index (χ3v) is 7.04. The predicted molar refractivity (Wildman–Crippen MR) is 107 cm³/mol. The number of ether oxygens (including phenoxy) is 2. The third-order valence-electron chi connectivity index (χ3n) is 5.15. The highest BCUT2D eigenvalue weighted by Gasteiger charge is 2.31. The van der Waals surface area contributed by atoms with E-state index in [-0.39, 0.29) is 4.90 Å². The molecular weight excluding hydrogens is 394 g/mol. The molecule has 0 radical (unpaired) electrons. The van der Waals surface area contributed by atoms with Crippen molar-refractivity contribution < 1.29 is 22.3 Å². The molecule has 2 aliphatic rings. The first-order valence-corrected chi connectivity index (χ1v) is 11.1. The fraction of sp³-hybridized carbons (Fsp3) is 0.350. The highest BCUT2D eigenvalue weighted by atomic mass is 32.2. The van der Waals surface area contributed by atoms with Crippen LogP contribution in [0.5, 0.6) is 11.5 Å². The van der Waals surface area contributed by atoms with Crippen LogP contribution in [-0.2, 0) is 10.0 Å². The van der Waals surface area contributed by atoms with Gasteiger partial charge in [-0.3, -0.25) is 0 Å². The minimum absolute atomic E-state index is 0.220. The van der Waals surface area contributed by atoms with Crippen molar-refractivity contribution in [3.63, 3.8) is 0 Å². The van der Waals surface area contributed by atoms with Gasteiger partial charge in [-0.05, 0) is 24.3 Å². The van der Waals surface area contributed by atoms with E-state index in [1.54, 1.807) is 18.2 Å². The summed E-state index contributed by atoms with van der Waals surface area (Å²) in [7, 11) is -3.62. The van der Waals surface area contributed by atoms with Crippen molar-refractivity contribution in [3.05, 3.63) is 42.5 Å². The molecule has 0 N–H and O–H groups in total. The largest absolute Gasteiger partial charge is 0.490 e. The fourth-order valence-corrected chi connectivity index (χ4v) is 5.01. The third kappa shape index (κ3) is 3.40. The van der Waals surface area contributed by atoms with Gasteiger partial charge in [-0.1, -0.05) is 12.1 Å². The Bertz CT molecular complexity index is 1100. The zero-order valence-electron chi connectivity index (χ0n) is 15.8. The summed E-state index contributed by atoms with van der Waals surface area (Å²) in [6.45, 7) is 2.81. The average molecular weight is 415 g/mol. The standard InChI is InChI=1S/C20H21N3O5S/c24-29(25,15-6-7-18-19(14-15)27-13-3-12-26-18)23-10-8-22(9-11-23)20-21-16-4-1-2-5-17(16)28-20/h1-2,4-7,14H,3,8-13H2. The number of sulfonamides is 1. The minimum Gasteiger partial charge on any atom is -0.490 e. The van der Waals surface area contributed by atoms with Crippen molar-refractivity contribution in [3.8, 4) is 11.5 Å². The summed E-state index contributed by atoms with van der Waals surface area (Å²) >= 11 is 0. The summed E-state index contributed by atoms with van der Waals surface area (Å²) in [5.41, 5.74) is 1.52. The van der Waals surface area contributed by atoms with E-state index in [4.69, 9.17) is 13.9 Å². The van der Waals surface area contributed by atoms with Crippen molar-refractivity contribution in [2.75, 3.05) is 44.3 Å². The molecule has 2 aliphatic heterocycles. The normalized spacial score (nSPS) is 18.0. The molecule has 8 nitrogen and oxygen atoms in total. The molecule has 1 saturated heterocycles. The predicted octanol–water partition coefficient (Wildman–Crippen LogP) is 2.50. The van der Waals surface area contributed by atoms with E-state index >= 15 is 0 Å². The number of anilines is 1. The Morgan fingerprint density at radius 2 is 1.66 bits per heavy atom. The average Bonchev–Trinajstić information content (AvgIpc) is 3.04. The number of nitrogens with zero attached hydrogens (tertiary/aromatic N) is 3. The van der Waals surface area contributed by atoms with E-state index in [9.17, 15) is 8.42 Å². The summed E-state index contributed by atoms with van der Waals surface area (Å²) in [5, 5.41) is 0. The van der Waals surface area contributed by atoms with E-state index < -0.39 is 10.0 Å².